The van der Waals surface area contributed by atoms with E-state index in [9.17, 15) is 9.18 Å². The van der Waals surface area contributed by atoms with Crippen molar-refractivity contribution in [3.8, 4) is 0 Å². The van der Waals surface area contributed by atoms with Crippen molar-refractivity contribution < 1.29 is 9.18 Å². The molecule has 1 spiro atoms. The molecule has 1 aromatic carbocycles. The number of rotatable bonds is 2. The Hall–Kier alpha value is -1.68. The summed E-state index contributed by atoms with van der Waals surface area (Å²) in [6.07, 6.45) is 6.86. The Labute approximate surface area is 118 Å². The first-order valence-corrected chi connectivity index (χ1v) is 7.13. The molecular formula is C16H19FN2O. The molecule has 1 fully saturated rings. The van der Waals surface area contributed by atoms with Crippen LogP contribution < -0.4 is 5.32 Å². The molecule has 4 heteroatoms. The fourth-order valence-electron chi connectivity index (χ4n) is 3.07. The first-order valence-electron chi connectivity index (χ1n) is 7.13. The van der Waals surface area contributed by atoms with Crippen LogP contribution >= 0.6 is 0 Å². The maximum Gasteiger partial charge on any atom is 0.243 e. The smallest absolute Gasteiger partial charge is 0.243 e. The Morgan fingerprint density at radius 1 is 1.25 bits per heavy atom. The topological polar surface area (TPSA) is 32.3 Å². The molecule has 0 aromatic heterocycles. The Balaban J connectivity index is 1.79. The van der Waals surface area contributed by atoms with Crippen LogP contribution in [0.25, 0.3) is 0 Å². The zero-order chi connectivity index (χ0) is 14.0. The summed E-state index contributed by atoms with van der Waals surface area (Å²) in [6.45, 7) is 2.07. The minimum Gasteiger partial charge on any atom is -0.333 e. The van der Waals surface area contributed by atoms with Crippen LogP contribution in [0.5, 0.6) is 0 Å². The minimum absolute atomic E-state index is 0.171. The summed E-state index contributed by atoms with van der Waals surface area (Å²) in [4.78, 5) is 14.6. The van der Waals surface area contributed by atoms with Gasteiger partial charge in [-0.1, -0.05) is 24.3 Å². The normalized spacial score (nSPS) is 26.2. The van der Waals surface area contributed by atoms with Crippen molar-refractivity contribution in [1.29, 1.82) is 0 Å². The molecule has 1 unspecified atom stereocenters. The highest BCUT2D eigenvalue weighted by Gasteiger charge is 2.43. The predicted octanol–water partition coefficient (Wildman–Crippen LogP) is 2.24. The van der Waals surface area contributed by atoms with Crippen molar-refractivity contribution in [1.82, 2.24) is 10.2 Å². The van der Waals surface area contributed by atoms with E-state index in [0.717, 1.165) is 31.4 Å². The molecule has 106 valence electrons. The van der Waals surface area contributed by atoms with Crippen LogP contribution in [-0.4, -0.2) is 29.4 Å². The van der Waals surface area contributed by atoms with Crippen molar-refractivity contribution >= 4 is 5.91 Å². The van der Waals surface area contributed by atoms with Gasteiger partial charge in [0.05, 0.1) is 0 Å². The molecule has 1 atom stereocenters. The molecule has 3 nitrogen and oxygen atoms in total. The van der Waals surface area contributed by atoms with Gasteiger partial charge in [0.25, 0.3) is 0 Å². The van der Waals surface area contributed by atoms with Crippen LogP contribution in [0.3, 0.4) is 0 Å². The summed E-state index contributed by atoms with van der Waals surface area (Å²) in [5, 5.41) is 3.38. The molecule has 1 aromatic rings. The number of halogens is 1. The van der Waals surface area contributed by atoms with Crippen molar-refractivity contribution in [2.75, 3.05) is 13.1 Å². The number of hydrogen-bond donors (Lipinski definition) is 1. The summed E-state index contributed by atoms with van der Waals surface area (Å²) in [7, 11) is 0. The first kappa shape index (κ1) is 13.3. The van der Waals surface area contributed by atoms with E-state index in [1.807, 2.05) is 4.90 Å². The molecule has 2 heterocycles. The van der Waals surface area contributed by atoms with Crippen molar-refractivity contribution in [2.45, 2.75) is 31.3 Å². The van der Waals surface area contributed by atoms with E-state index in [1.165, 1.54) is 12.1 Å². The number of amides is 1. The molecule has 3 rings (SSSR count). The first-order chi connectivity index (χ1) is 9.70. The van der Waals surface area contributed by atoms with Crippen LogP contribution in [-0.2, 0) is 11.3 Å². The van der Waals surface area contributed by atoms with Crippen molar-refractivity contribution in [3.05, 3.63) is 47.8 Å². The van der Waals surface area contributed by atoms with E-state index in [2.05, 4.69) is 17.5 Å². The molecule has 0 saturated carbocycles. The number of benzene rings is 1. The van der Waals surface area contributed by atoms with E-state index in [0.29, 0.717) is 13.1 Å². The van der Waals surface area contributed by atoms with E-state index in [1.54, 1.807) is 12.1 Å². The Kier molecular flexibility index (Phi) is 3.57. The molecule has 1 amide bonds. The van der Waals surface area contributed by atoms with E-state index in [4.69, 9.17) is 0 Å². The van der Waals surface area contributed by atoms with Crippen LogP contribution in [0, 0.1) is 5.82 Å². The molecule has 20 heavy (non-hydrogen) atoms. The predicted molar refractivity (Wildman–Crippen MR) is 75.5 cm³/mol. The van der Waals surface area contributed by atoms with Gasteiger partial charge in [-0.15, -0.1) is 0 Å². The highest BCUT2D eigenvalue weighted by atomic mass is 19.1. The molecule has 1 saturated heterocycles. The Morgan fingerprint density at radius 2 is 2.05 bits per heavy atom. The second-order valence-corrected chi connectivity index (χ2v) is 5.60. The van der Waals surface area contributed by atoms with Gasteiger partial charge >= 0.3 is 0 Å². The van der Waals surface area contributed by atoms with E-state index in [-0.39, 0.29) is 11.7 Å². The second kappa shape index (κ2) is 5.37. The van der Waals surface area contributed by atoms with Gasteiger partial charge in [-0.3, -0.25) is 4.79 Å². The summed E-state index contributed by atoms with van der Waals surface area (Å²) in [5.74, 6) is -0.0749. The quantitative estimate of drug-likeness (QED) is 0.839. The van der Waals surface area contributed by atoms with Crippen molar-refractivity contribution in [3.63, 3.8) is 0 Å². The standard InChI is InChI=1S/C16H19FN2O/c17-14-6-4-13(5-7-14)12-19-11-2-1-8-16(15(19)20)9-3-10-18-16/h1-2,4-7,18H,3,8-12H2. The van der Waals surface area contributed by atoms with Gasteiger partial charge in [0.1, 0.15) is 11.4 Å². The van der Waals surface area contributed by atoms with Crippen LogP contribution in [0.15, 0.2) is 36.4 Å². The van der Waals surface area contributed by atoms with Gasteiger partial charge in [0.2, 0.25) is 5.91 Å². The van der Waals surface area contributed by atoms with Crippen LogP contribution in [0.2, 0.25) is 0 Å². The second-order valence-electron chi connectivity index (χ2n) is 5.60. The lowest BCUT2D eigenvalue weighted by atomic mass is 9.92. The van der Waals surface area contributed by atoms with Gasteiger partial charge in [-0.2, -0.15) is 0 Å². The summed E-state index contributed by atoms with van der Waals surface area (Å²) < 4.78 is 12.9. The molecule has 0 bridgehead atoms. The van der Waals surface area contributed by atoms with Crippen LogP contribution in [0.4, 0.5) is 4.39 Å². The third kappa shape index (κ3) is 2.48. The molecule has 0 aliphatic carbocycles. The molecule has 2 aliphatic rings. The van der Waals surface area contributed by atoms with Gasteiger partial charge in [0.15, 0.2) is 0 Å². The maximum atomic E-state index is 12.9. The van der Waals surface area contributed by atoms with Gasteiger partial charge in [-0.25, -0.2) is 4.39 Å². The number of carbonyl (C=O) groups excluding carboxylic acids is 1. The number of carbonyl (C=O) groups is 1. The summed E-state index contributed by atoms with van der Waals surface area (Å²) in [5.41, 5.74) is 0.552. The number of nitrogens with one attached hydrogen (secondary N) is 1. The van der Waals surface area contributed by atoms with Gasteiger partial charge in [0, 0.05) is 13.1 Å². The molecular weight excluding hydrogens is 255 g/mol. The molecule has 1 N–H and O–H groups in total. The molecule has 0 radical (unpaired) electrons. The zero-order valence-corrected chi connectivity index (χ0v) is 11.4. The van der Waals surface area contributed by atoms with Crippen molar-refractivity contribution in [2.24, 2.45) is 0 Å². The third-order valence-corrected chi connectivity index (χ3v) is 4.19. The SMILES string of the molecule is O=C1N(Cc2ccc(F)cc2)CC=CCC12CCCN2. The monoisotopic (exact) mass is 274 g/mol. The zero-order valence-electron chi connectivity index (χ0n) is 11.4. The average molecular weight is 274 g/mol. The lowest BCUT2D eigenvalue weighted by Crippen LogP contribution is -2.53. The fraction of sp³-hybridized carbons (Fsp3) is 0.438. The lowest BCUT2D eigenvalue weighted by Gasteiger charge is -2.32. The average Bonchev–Trinajstić information content (AvgIpc) is 2.88. The summed E-state index contributed by atoms with van der Waals surface area (Å²) in [6, 6.07) is 6.37. The molecule has 2 aliphatic heterocycles. The number of nitrogens with zero attached hydrogens (tertiary/aromatic N) is 1. The maximum absolute atomic E-state index is 12.9. The number of hydrogen-bond acceptors (Lipinski definition) is 2. The minimum atomic E-state index is -0.410. The summed E-state index contributed by atoms with van der Waals surface area (Å²) >= 11 is 0. The fourth-order valence-corrected chi connectivity index (χ4v) is 3.07. The van der Waals surface area contributed by atoms with E-state index < -0.39 is 5.54 Å². The largest absolute Gasteiger partial charge is 0.333 e. The Morgan fingerprint density at radius 3 is 2.75 bits per heavy atom. The third-order valence-electron chi connectivity index (χ3n) is 4.19. The van der Waals surface area contributed by atoms with Crippen LogP contribution in [0.1, 0.15) is 24.8 Å². The van der Waals surface area contributed by atoms with E-state index >= 15 is 0 Å². The van der Waals surface area contributed by atoms with Gasteiger partial charge in [-0.05, 0) is 43.5 Å². The lowest BCUT2D eigenvalue weighted by molar-refractivity contribution is -0.137. The highest BCUT2D eigenvalue weighted by molar-refractivity contribution is 5.87. The van der Waals surface area contributed by atoms with Gasteiger partial charge < -0.3 is 10.2 Å². The highest BCUT2D eigenvalue weighted by Crippen LogP contribution is 2.28. The Bertz CT molecular complexity index is 518.